The maximum Gasteiger partial charge on any atom is 0.190 e. The van der Waals surface area contributed by atoms with Crippen LogP contribution in [0.3, 0.4) is 0 Å². The fourth-order valence-corrected chi connectivity index (χ4v) is 3.16. The highest BCUT2D eigenvalue weighted by molar-refractivity contribution is 7.15. The van der Waals surface area contributed by atoms with E-state index in [0.29, 0.717) is 0 Å². The molecule has 0 saturated heterocycles. The van der Waals surface area contributed by atoms with Crippen LogP contribution in [-0.4, -0.2) is 17.1 Å². The standard InChI is InChI=1S/C15H20N2OS/c1-9-6-10(2)8-13(7-9)17(5)15-16-11(3)14(19-15)12(4)18/h6-8,12,18H,1-5H3. The SMILES string of the molecule is Cc1cc(C)cc(N(C)c2nc(C)c(C(C)O)s2)c1. The van der Waals surface area contributed by atoms with Crippen LogP contribution in [0.25, 0.3) is 0 Å². The van der Waals surface area contributed by atoms with E-state index in [-0.39, 0.29) is 0 Å². The van der Waals surface area contributed by atoms with E-state index < -0.39 is 6.10 Å². The fraction of sp³-hybridized carbons (Fsp3) is 0.400. The molecule has 1 unspecified atom stereocenters. The lowest BCUT2D eigenvalue weighted by molar-refractivity contribution is 0.202. The number of anilines is 2. The highest BCUT2D eigenvalue weighted by atomic mass is 32.1. The minimum absolute atomic E-state index is 0.459. The molecule has 0 aliphatic heterocycles. The molecule has 1 aromatic heterocycles. The molecule has 1 aromatic carbocycles. The van der Waals surface area contributed by atoms with Crippen LogP contribution in [0, 0.1) is 20.8 Å². The Kier molecular flexibility index (Phi) is 3.92. The molecule has 0 spiro atoms. The topological polar surface area (TPSA) is 36.4 Å². The first-order valence-electron chi connectivity index (χ1n) is 6.36. The monoisotopic (exact) mass is 276 g/mol. The number of nitrogens with zero attached hydrogens (tertiary/aromatic N) is 2. The molecular formula is C15H20N2OS. The largest absolute Gasteiger partial charge is 0.388 e. The lowest BCUT2D eigenvalue weighted by Crippen LogP contribution is -2.09. The minimum atomic E-state index is -0.459. The summed E-state index contributed by atoms with van der Waals surface area (Å²) in [5, 5.41) is 10.6. The van der Waals surface area contributed by atoms with Crippen LogP contribution in [0.15, 0.2) is 18.2 Å². The molecule has 3 nitrogen and oxygen atoms in total. The molecule has 2 aromatic rings. The molecule has 0 fully saturated rings. The van der Waals surface area contributed by atoms with Gasteiger partial charge in [0.25, 0.3) is 0 Å². The van der Waals surface area contributed by atoms with Crippen molar-refractivity contribution in [3.05, 3.63) is 39.9 Å². The Labute approximate surface area is 118 Å². The van der Waals surface area contributed by atoms with Gasteiger partial charge in [0.15, 0.2) is 5.13 Å². The Morgan fingerprint density at radius 2 is 1.74 bits per heavy atom. The molecule has 4 heteroatoms. The zero-order chi connectivity index (χ0) is 14.2. The quantitative estimate of drug-likeness (QED) is 0.924. The van der Waals surface area contributed by atoms with E-state index in [1.54, 1.807) is 18.3 Å². The lowest BCUT2D eigenvalue weighted by Gasteiger charge is -2.17. The third-order valence-electron chi connectivity index (χ3n) is 3.08. The van der Waals surface area contributed by atoms with Crippen LogP contribution in [0.4, 0.5) is 10.8 Å². The van der Waals surface area contributed by atoms with Crippen molar-refractivity contribution in [2.75, 3.05) is 11.9 Å². The average molecular weight is 276 g/mol. The number of rotatable bonds is 3. The first-order valence-corrected chi connectivity index (χ1v) is 7.17. The smallest absolute Gasteiger partial charge is 0.190 e. The van der Waals surface area contributed by atoms with Gasteiger partial charge in [0, 0.05) is 12.7 Å². The molecule has 1 heterocycles. The highest BCUT2D eigenvalue weighted by Gasteiger charge is 2.15. The van der Waals surface area contributed by atoms with Crippen molar-refractivity contribution in [1.82, 2.24) is 4.98 Å². The number of aliphatic hydroxyl groups is 1. The van der Waals surface area contributed by atoms with Gasteiger partial charge in [-0.25, -0.2) is 4.98 Å². The minimum Gasteiger partial charge on any atom is -0.388 e. The predicted octanol–water partition coefficient (Wildman–Crippen LogP) is 3.89. The summed E-state index contributed by atoms with van der Waals surface area (Å²) in [6.45, 7) is 7.91. The van der Waals surface area contributed by atoms with Crippen LogP contribution in [0.2, 0.25) is 0 Å². The second-order valence-corrected chi connectivity index (χ2v) is 6.04. The van der Waals surface area contributed by atoms with E-state index in [1.165, 1.54) is 11.1 Å². The number of hydrogen-bond acceptors (Lipinski definition) is 4. The number of aliphatic hydroxyl groups excluding tert-OH is 1. The third-order valence-corrected chi connectivity index (χ3v) is 4.49. The summed E-state index contributed by atoms with van der Waals surface area (Å²) in [6.07, 6.45) is -0.459. The van der Waals surface area contributed by atoms with Gasteiger partial charge in [-0.05, 0) is 51.0 Å². The Balaban J connectivity index is 2.38. The summed E-state index contributed by atoms with van der Waals surface area (Å²) in [6, 6.07) is 6.45. The number of thiazole rings is 1. The summed E-state index contributed by atoms with van der Waals surface area (Å²) in [4.78, 5) is 7.56. The molecule has 0 bridgehead atoms. The van der Waals surface area contributed by atoms with Crippen molar-refractivity contribution in [2.45, 2.75) is 33.8 Å². The summed E-state index contributed by atoms with van der Waals surface area (Å²) >= 11 is 1.55. The van der Waals surface area contributed by atoms with Gasteiger partial charge in [-0.15, -0.1) is 0 Å². The summed E-state index contributed by atoms with van der Waals surface area (Å²) in [5.74, 6) is 0. The molecule has 0 radical (unpaired) electrons. The van der Waals surface area contributed by atoms with Crippen LogP contribution in [0.5, 0.6) is 0 Å². The van der Waals surface area contributed by atoms with Crippen molar-refractivity contribution in [3.8, 4) is 0 Å². The van der Waals surface area contributed by atoms with Gasteiger partial charge in [0.1, 0.15) is 0 Å². The van der Waals surface area contributed by atoms with Crippen molar-refractivity contribution < 1.29 is 5.11 Å². The van der Waals surface area contributed by atoms with E-state index in [4.69, 9.17) is 0 Å². The predicted molar refractivity (Wildman–Crippen MR) is 81.5 cm³/mol. The van der Waals surface area contributed by atoms with E-state index in [0.717, 1.165) is 21.4 Å². The number of aryl methyl sites for hydroxylation is 3. The molecule has 102 valence electrons. The van der Waals surface area contributed by atoms with Crippen molar-refractivity contribution >= 4 is 22.2 Å². The maximum absolute atomic E-state index is 9.71. The van der Waals surface area contributed by atoms with Gasteiger partial charge in [-0.2, -0.15) is 0 Å². The number of hydrogen-bond donors (Lipinski definition) is 1. The van der Waals surface area contributed by atoms with Gasteiger partial charge < -0.3 is 10.0 Å². The molecule has 2 rings (SSSR count). The van der Waals surface area contributed by atoms with E-state index in [9.17, 15) is 5.11 Å². The van der Waals surface area contributed by atoms with E-state index in [1.807, 2.05) is 14.0 Å². The Morgan fingerprint density at radius 3 is 2.21 bits per heavy atom. The van der Waals surface area contributed by atoms with E-state index in [2.05, 4.69) is 41.9 Å². The highest BCUT2D eigenvalue weighted by Crippen LogP contribution is 2.34. The Bertz CT molecular complexity index is 570. The van der Waals surface area contributed by atoms with Gasteiger partial charge in [-0.1, -0.05) is 17.4 Å². The first kappa shape index (κ1) is 14.0. The van der Waals surface area contributed by atoms with Gasteiger partial charge >= 0.3 is 0 Å². The van der Waals surface area contributed by atoms with E-state index >= 15 is 0 Å². The molecule has 19 heavy (non-hydrogen) atoms. The summed E-state index contributed by atoms with van der Waals surface area (Å²) < 4.78 is 0. The lowest BCUT2D eigenvalue weighted by atomic mass is 10.1. The molecule has 0 saturated carbocycles. The van der Waals surface area contributed by atoms with Gasteiger partial charge in [0.2, 0.25) is 0 Å². The zero-order valence-electron chi connectivity index (χ0n) is 12.1. The summed E-state index contributed by atoms with van der Waals surface area (Å²) in [5.41, 5.74) is 4.52. The Hall–Kier alpha value is -1.39. The third kappa shape index (κ3) is 2.96. The first-order chi connectivity index (χ1) is 8.88. The number of benzene rings is 1. The van der Waals surface area contributed by atoms with Crippen molar-refractivity contribution in [1.29, 1.82) is 0 Å². The second-order valence-electron chi connectivity index (χ2n) is 5.03. The molecular weight excluding hydrogens is 256 g/mol. The van der Waals surface area contributed by atoms with Crippen LogP contribution in [0.1, 0.15) is 34.7 Å². The number of aromatic nitrogens is 1. The second kappa shape index (κ2) is 5.31. The van der Waals surface area contributed by atoms with Crippen LogP contribution < -0.4 is 4.90 Å². The Morgan fingerprint density at radius 1 is 1.16 bits per heavy atom. The van der Waals surface area contributed by atoms with Crippen LogP contribution >= 0.6 is 11.3 Å². The molecule has 1 N–H and O–H groups in total. The van der Waals surface area contributed by atoms with Gasteiger partial charge in [-0.3, -0.25) is 0 Å². The summed E-state index contributed by atoms with van der Waals surface area (Å²) in [7, 11) is 2.01. The fourth-order valence-electron chi connectivity index (χ4n) is 2.18. The zero-order valence-corrected chi connectivity index (χ0v) is 12.9. The molecule has 1 atom stereocenters. The maximum atomic E-state index is 9.71. The van der Waals surface area contributed by atoms with Crippen molar-refractivity contribution in [2.24, 2.45) is 0 Å². The molecule has 0 aliphatic rings. The average Bonchev–Trinajstić information content (AvgIpc) is 2.69. The molecule has 0 amide bonds. The normalized spacial score (nSPS) is 12.5. The molecule has 0 aliphatic carbocycles. The van der Waals surface area contributed by atoms with Crippen molar-refractivity contribution in [3.63, 3.8) is 0 Å². The van der Waals surface area contributed by atoms with Crippen LogP contribution in [-0.2, 0) is 0 Å². The van der Waals surface area contributed by atoms with Gasteiger partial charge in [0.05, 0.1) is 16.7 Å².